The number of nitrogens with zero attached hydrogens (tertiary/aromatic N) is 4. The Kier molecular flexibility index (Phi) is 7.73. The maximum atomic E-state index is 13.3. The van der Waals surface area contributed by atoms with Crippen LogP contribution in [-0.2, 0) is 24.1 Å². The van der Waals surface area contributed by atoms with Crippen LogP contribution in [0.3, 0.4) is 0 Å². The van der Waals surface area contributed by atoms with Crippen molar-refractivity contribution < 1.29 is 22.7 Å². The molecule has 1 amide bonds. The third kappa shape index (κ3) is 6.46. The molecule has 11 heteroatoms. The summed E-state index contributed by atoms with van der Waals surface area (Å²) in [5.74, 6) is 0.606. The maximum absolute atomic E-state index is 13.3. The van der Waals surface area contributed by atoms with Gasteiger partial charge in [-0.2, -0.15) is 18.3 Å². The first-order chi connectivity index (χ1) is 15.3. The molecule has 32 heavy (non-hydrogen) atoms. The summed E-state index contributed by atoms with van der Waals surface area (Å²) in [5, 5.41) is 6.86. The molecule has 0 aliphatic carbocycles. The van der Waals surface area contributed by atoms with E-state index in [1.807, 2.05) is 13.1 Å². The SMILES string of the molecule is CCn1cc(CNC(=O)CCSc2nc(-c3ccc(OC)cc3)cc(C(F)(F)F)n2)cn1. The van der Waals surface area contributed by atoms with Crippen molar-refractivity contribution in [2.45, 2.75) is 37.8 Å². The molecule has 7 nitrogen and oxygen atoms in total. The smallest absolute Gasteiger partial charge is 0.433 e. The Morgan fingerprint density at radius 1 is 1.22 bits per heavy atom. The van der Waals surface area contributed by atoms with Gasteiger partial charge in [-0.25, -0.2) is 9.97 Å². The molecule has 0 radical (unpaired) electrons. The first kappa shape index (κ1) is 23.6. The van der Waals surface area contributed by atoms with Crippen LogP contribution in [0, 0.1) is 0 Å². The number of carbonyl (C=O) groups is 1. The van der Waals surface area contributed by atoms with E-state index >= 15 is 0 Å². The van der Waals surface area contributed by atoms with Crippen molar-refractivity contribution in [2.24, 2.45) is 0 Å². The Morgan fingerprint density at radius 2 is 1.97 bits per heavy atom. The molecule has 3 aromatic rings. The molecule has 1 aromatic carbocycles. The summed E-state index contributed by atoms with van der Waals surface area (Å²) in [4.78, 5) is 19.9. The molecule has 0 unspecified atom stereocenters. The van der Waals surface area contributed by atoms with Crippen molar-refractivity contribution in [1.82, 2.24) is 25.1 Å². The van der Waals surface area contributed by atoms with Gasteiger partial charge in [0.15, 0.2) is 5.16 Å². The Balaban J connectivity index is 1.63. The lowest BCUT2D eigenvalue weighted by Gasteiger charge is -2.11. The third-order valence-electron chi connectivity index (χ3n) is 4.44. The molecule has 0 fully saturated rings. The van der Waals surface area contributed by atoms with Crippen molar-refractivity contribution in [3.05, 3.63) is 54.0 Å². The Labute approximate surface area is 187 Å². The lowest BCUT2D eigenvalue weighted by atomic mass is 10.1. The predicted octanol–water partition coefficient (Wildman–Crippen LogP) is 4.19. The van der Waals surface area contributed by atoms with E-state index in [1.54, 1.807) is 35.1 Å². The van der Waals surface area contributed by atoms with Gasteiger partial charge in [-0.05, 0) is 37.3 Å². The lowest BCUT2D eigenvalue weighted by molar-refractivity contribution is -0.141. The zero-order chi connectivity index (χ0) is 23.1. The van der Waals surface area contributed by atoms with Gasteiger partial charge < -0.3 is 10.1 Å². The minimum Gasteiger partial charge on any atom is -0.497 e. The van der Waals surface area contributed by atoms with E-state index < -0.39 is 11.9 Å². The van der Waals surface area contributed by atoms with Crippen molar-refractivity contribution in [1.29, 1.82) is 0 Å². The summed E-state index contributed by atoms with van der Waals surface area (Å²) >= 11 is 1.00. The Hall–Kier alpha value is -3.08. The summed E-state index contributed by atoms with van der Waals surface area (Å²) in [6, 6.07) is 7.46. The second-order valence-electron chi connectivity index (χ2n) is 6.73. The van der Waals surface area contributed by atoms with Crippen molar-refractivity contribution in [3.63, 3.8) is 0 Å². The minimum absolute atomic E-state index is 0.0392. The van der Waals surface area contributed by atoms with Gasteiger partial charge in [-0.3, -0.25) is 9.48 Å². The summed E-state index contributed by atoms with van der Waals surface area (Å²) in [5.41, 5.74) is 0.497. The molecule has 0 bridgehead atoms. The molecule has 0 aliphatic rings. The standard InChI is InChI=1S/C21H22F3N5O2S/c1-3-29-13-14(12-26-29)11-25-19(30)8-9-32-20-27-17(10-18(28-20)21(22,23)24)15-4-6-16(31-2)7-5-15/h4-7,10,12-13H,3,8-9,11H2,1-2H3,(H,25,30). The number of nitrogens with one attached hydrogen (secondary N) is 1. The van der Waals surface area contributed by atoms with Crippen LogP contribution < -0.4 is 10.1 Å². The molecule has 2 heterocycles. The quantitative estimate of drug-likeness (QED) is 0.377. The number of thioether (sulfide) groups is 1. The first-order valence-corrected chi connectivity index (χ1v) is 10.8. The zero-order valence-electron chi connectivity index (χ0n) is 17.5. The average molecular weight is 466 g/mol. The van der Waals surface area contributed by atoms with Crippen LogP contribution in [0.4, 0.5) is 13.2 Å². The van der Waals surface area contributed by atoms with E-state index in [1.165, 1.54) is 7.11 Å². The number of hydrogen-bond acceptors (Lipinski definition) is 6. The van der Waals surface area contributed by atoms with E-state index in [2.05, 4.69) is 20.4 Å². The van der Waals surface area contributed by atoms with Gasteiger partial charge in [-0.15, -0.1) is 0 Å². The molecular formula is C21H22F3N5O2S. The summed E-state index contributed by atoms with van der Waals surface area (Å²) in [7, 11) is 1.50. The number of aryl methyl sites for hydroxylation is 1. The molecule has 0 spiro atoms. The van der Waals surface area contributed by atoms with E-state index in [9.17, 15) is 18.0 Å². The van der Waals surface area contributed by atoms with Crippen LogP contribution in [0.5, 0.6) is 5.75 Å². The van der Waals surface area contributed by atoms with Crippen LogP contribution in [0.2, 0.25) is 0 Å². The highest BCUT2D eigenvalue weighted by Gasteiger charge is 2.33. The summed E-state index contributed by atoms with van der Waals surface area (Å²) < 4.78 is 46.8. The molecule has 1 N–H and O–H groups in total. The van der Waals surface area contributed by atoms with Crippen LogP contribution in [0.25, 0.3) is 11.3 Å². The van der Waals surface area contributed by atoms with Gasteiger partial charge in [0.25, 0.3) is 0 Å². The Bertz CT molecular complexity index is 1050. The average Bonchev–Trinajstić information content (AvgIpc) is 3.25. The van der Waals surface area contributed by atoms with Gasteiger partial charge >= 0.3 is 6.18 Å². The number of amides is 1. The number of alkyl halides is 3. The highest BCUT2D eigenvalue weighted by atomic mass is 32.2. The van der Waals surface area contributed by atoms with E-state index in [0.717, 1.165) is 29.9 Å². The molecule has 0 saturated carbocycles. The summed E-state index contributed by atoms with van der Waals surface area (Å²) in [6.07, 6.45) is -0.980. The van der Waals surface area contributed by atoms with E-state index in [4.69, 9.17) is 4.74 Å². The largest absolute Gasteiger partial charge is 0.497 e. The molecule has 170 valence electrons. The molecule has 0 saturated heterocycles. The second-order valence-corrected chi connectivity index (χ2v) is 7.79. The fourth-order valence-corrected chi connectivity index (χ4v) is 3.54. The molecular weight excluding hydrogens is 443 g/mol. The second kappa shape index (κ2) is 10.5. The number of methoxy groups -OCH3 is 1. The van der Waals surface area contributed by atoms with Crippen LogP contribution in [0.1, 0.15) is 24.6 Å². The third-order valence-corrected chi connectivity index (χ3v) is 5.29. The lowest BCUT2D eigenvalue weighted by Crippen LogP contribution is -2.22. The Morgan fingerprint density at radius 3 is 2.59 bits per heavy atom. The van der Waals surface area contributed by atoms with Gasteiger partial charge in [0, 0.05) is 42.6 Å². The van der Waals surface area contributed by atoms with Gasteiger partial charge in [0.2, 0.25) is 5.91 Å². The molecule has 3 rings (SSSR count). The minimum atomic E-state index is -4.61. The highest BCUT2D eigenvalue weighted by Crippen LogP contribution is 2.32. The maximum Gasteiger partial charge on any atom is 0.433 e. The summed E-state index contributed by atoms with van der Waals surface area (Å²) in [6.45, 7) is 3.04. The highest BCUT2D eigenvalue weighted by molar-refractivity contribution is 7.99. The van der Waals surface area contributed by atoms with Crippen molar-refractivity contribution in [2.75, 3.05) is 12.9 Å². The first-order valence-electron chi connectivity index (χ1n) is 9.80. The van der Waals surface area contributed by atoms with Crippen molar-refractivity contribution >= 4 is 17.7 Å². The van der Waals surface area contributed by atoms with Crippen LogP contribution in [-0.4, -0.2) is 38.5 Å². The topological polar surface area (TPSA) is 81.9 Å². The fraction of sp³-hybridized carbons (Fsp3) is 0.333. The number of benzene rings is 1. The van der Waals surface area contributed by atoms with Crippen molar-refractivity contribution in [3.8, 4) is 17.0 Å². The normalized spacial score (nSPS) is 11.4. The number of carbonyl (C=O) groups excluding carboxylic acids is 1. The molecule has 0 atom stereocenters. The number of halogens is 3. The molecule has 2 aromatic heterocycles. The van der Waals surface area contributed by atoms with Gasteiger partial charge in [0.05, 0.1) is 19.0 Å². The van der Waals surface area contributed by atoms with Crippen LogP contribution in [0.15, 0.2) is 47.9 Å². The van der Waals surface area contributed by atoms with Gasteiger partial charge in [0.1, 0.15) is 11.4 Å². The van der Waals surface area contributed by atoms with E-state index in [0.29, 0.717) is 17.9 Å². The number of hydrogen-bond donors (Lipinski definition) is 1. The monoisotopic (exact) mass is 465 g/mol. The van der Waals surface area contributed by atoms with Gasteiger partial charge in [-0.1, -0.05) is 11.8 Å². The number of rotatable bonds is 9. The van der Waals surface area contributed by atoms with Crippen LogP contribution >= 0.6 is 11.8 Å². The fourth-order valence-electron chi connectivity index (χ4n) is 2.74. The molecule has 0 aliphatic heterocycles. The number of ether oxygens (including phenoxy) is 1. The number of aromatic nitrogens is 4. The predicted molar refractivity (Wildman–Crippen MR) is 114 cm³/mol. The van der Waals surface area contributed by atoms with E-state index in [-0.39, 0.29) is 28.9 Å². The zero-order valence-corrected chi connectivity index (χ0v) is 18.3.